The third-order valence-electron chi connectivity index (χ3n) is 3.97. The van der Waals surface area contributed by atoms with Crippen LogP contribution in [-0.4, -0.2) is 44.7 Å². The summed E-state index contributed by atoms with van der Waals surface area (Å²) >= 11 is 0. The second-order valence-electron chi connectivity index (χ2n) is 5.89. The maximum Gasteiger partial charge on any atom is 0.119 e. The molecular formula is C17H28N2O. The van der Waals surface area contributed by atoms with Gasteiger partial charge in [0.05, 0.1) is 6.61 Å². The largest absolute Gasteiger partial charge is 0.494 e. The minimum absolute atomic E-state index is 0.816. The van der Waals surface area contributed by atoms with E-state index in [0.29, 0.717) is 0 Å². The second-order valence-corrected chi connectivity index (χ2v) is 5.89. The molecule has 0 saturated carbocycles. The van der Waals surface area contributed by atoms with Crippen LogP contribution in [0.15, 0.2) is 24.3 Å². The fraction of sp³-hybridized carbons (Fsp3) is 0.647. The molecule has 0 spiro atoms. The lowest BCUT2D eigenvalue weighted by molar-refractivity contribution is 0.161. The van der Waals surface area contributed by atoms with E-state index < -0.39 is 0 Å². The van der Waals surface area contributed by atoms with E-state index in [0.717, 1.165) is 37.8 Å². The summed E-state index contributed by atoms with van der Waals surface area (Å²) in [5.41, 5.74) is 1.26. The van der Waals surface area contributed by atoms with Gasteiger partial charge in [-0.1, -0.05) is 12.1 Å². The number of hydrogen-bond acceptors (Lipinski definition) is 3. The first-order valence-electron chi connectivity index (χ1n) is 7.84. The fourth-order valence-corrected chi connectivity index (χ4v) is 2.99. The first-order chi connectivity index (χ1) is 9.78. The molecule has 1 unspecified atom stereocenters. The van der Waals surface area contributed by atoms with E-state index in [4.69, 9.17) is 4.74 Å². The molecular weight excluding hydrogens is 248 g/mol. The van der Waals surface area contributed by atoms with E-state index in [1.807, 2.05) is 6.07 Å². The molecule has 0 aromatic heterocycles. The predicted octanol–water partition coefficient (Wildman–Crippen LogP) is 2.70. The van der Waals surface area contributed by atoms with Crippen LogP contribution in [-0.2, 0) is 0 Å². The van der Waals surface area contributed by atoms with Crippen molar-refractivity contribution in [3.05, 3.63) is 29.8 Å². The minimum Gasteiger partial charge on any atom is -0.494 e. The maximum atomic E-state index is 5.81. The Morgan fingerprint density at radius 3 is 3.10 bits per heavy atom. The zero-order chi connectivity index (χ0) is 14.2. The van der Waals surface area contributed by atoms with Crippen molar-refractivity contribution in [3.63, 3.8) is 0 Å². The van der Waals surface area contributed by atoms with Gasteiger partial charge in [0, 0.05) is 13.1 Å². The summed E-state index contributed by atoms with van der Waals surface area (Å²) < 4.78 is 5.81. The van der Waals surface area contributed by atoms with E-state index in [9.17, 15) is 0 Å². The number of rotatable bonds is 7. The molecule has 3 nitrogen and oxygen atoms in total. The first kappa shape index (κ1) is 15.3. The Kier molecular flexibility index (Phi) is 6.34. The van der Waals surface area contributed by atoms with E-state index in [-0.39, 0.29) is 0 Å². The van der Waals surface area contributed by atoms with Crippen LogP contribution in [0.5, 0.6) is 5.75 Å². The zero-order valence-corrected chi connectivity index (χ0v) is 12.9. The van der Waals surface area contributed by atoms with Crippen molar-refractivity contribution in [1.82, 2.24) is 10.2 Å². The Hall–Kier alpha value is -1.06. The number of nitrogens with zero attached hydrogens (tertiary/aromatic N) is 1. The number of nitrogens with one attached hydrogen (secondary N) is 1. The molecule has 1 saturated heterocycles. The highest BCUT2D eigenvalue weighted by atomic mass is 16.5. The van der Waals surface area contributed by atoms with Gasteiger partial charge in [-0.3, -0.25) is 0 Å². The summed E-state index contributed by atoms with van der Waals surface area (Å²) in [5, 5.41) is 3.30. The standard InChI is InChI=1S/C17H28N2O/c1-15-6-3-8-17(12-15)20-11-5-10-19-9-4-7-16(14-19)13-18-2/h3,6,8,12,16,18H,4-5,7,9-11,13-14H2,1-2H3. The lowest BCUT2D eigenvalue weighted by Crippen LogP contribution is -2.39. The Morgan fingerprint density at radius 2 is 2.30 bits per heavy atom. The Bertz CT molecular complexity index is 392. The van der Waals surface area contributed by atoms with Gasteiger partial charge in [-0.2, -0.15) is 0 Å². The second kappa shape index (κ2) is 8.28. The van der Waals surface area contributed by atoms with Gasteiger partial charge in [0.25, 0.3) is 0 Å². The molecule has 1 aliphatic heterocycles. The van der Waals surface area contributed by atoms with Gasteiger partial charge < -0.3 is 15.0 Å². The summed E-state index contributed by atoms with van der Waals surface area (Å²) in [6.07, 6.45) is 3.82. The van der Waals surface area contributed by atoms with Gasteiger partial charge in [-0.15, -0.1) is 0 Å². The molecule has 0 amide bonds. The van der Waals surface area contributed by atoms with Gasteiger partial charge in [-0.25, -0.2) is 0 Å². The topological polar surface area (TPSA) is 24.5 Å². The van der Waals surface area contributed by atoms with Crippen molar-refractivity contribution in [3.8, 4) is 5.75 Å². The smallest absolute Gasteiger partial charge is 0.119 e. The number of ether oxygens (including phenoxy) is 1. The number of piperidine rings is 1. The van der Waals surface area contributed by atoms with Crippen LogP contribution < -0.4 is 10.1 Å². The quantitative estimate of drug-likeness (QED) is 0.775. The van der Waals surface area contributed by atoms with Crippen LogP contribution in [0.1, 0.15) is 24.8 Å². The zero-order valence-electron chi connectivity index (χ0n) is 12.9. The van der Waals surface area contributed by atoms with Gasteiger partial charge in [0.15, 0.2) is 0 Å². The number of likely N-dealkylation sites (tertiary alicyclic amines) is 1. The van der Waals surface area contributed by atoms with Crippen molar-refractivity contribution in [2.75, 3.05) is 39.8 Å². The summed E-state index contributed by atoms with van der Waals surface area (Å²) in [4.78, 5) is 2.59. The van der Waals surface area contributed by atoms with Crippen molar-refractivity contribution < 1.29 is 4.74 Å². The third kappa shape index (κ3) is 5.14. The molecule has 1 aromatic carbocycles. The summed E-state index contributed by atoms with van der Waals surface area (Å²) in [7, 11) is 2.05. The minimum atomic E-state index is 0.816. The predicted molar refractivity (Wildman–Crippen MR) is 84.4 cm³/mol. The van der Waals surface area contributed by atoms with Gasteiger partial charge >= 0.3 is 0 Å². The summed E-state index contributed by atoms with van der Waals surface area (Å²) in [6, 6.07) is 8.29. The monoisotopic (exact) mass is 276 g/mol. The molecule has 0 bridgehead atoms. The normalized spacial score (nSPS) is 20.0. The molecule has 112 valence electrons. The van der Waals surface area contributed by atoms with Gasteiger partial charge in [0.1, 0.15) is 5.75 Å². The molecule has 1 fully saturated rings. The van der Waals surface area contributed by atoms with E-state index in [1.54, 1.807) is 0 Å². The van der Waals surface area contributed by atoms with Crippen LogP contribution in [0.4, 0.5) is 0 Å². The number of hydrogen-bond donors (Lipinski definition) is 1. The molecule has 1 atom stereocenters. The van der Waals surface area contributed by atoms with Gasteiger partial charge in [0.2, 0.25) is 0 Å². The lowest BCUT2D eigenvalue weighted by Gasteiger charge is -2.32. The van der Waals surface area contributed by atoms with Crippen molar-refractivity contribution in [2.24, 2.45) is 5.92 Å². The SMILES string of the molecule is CNCC1CCCN(CCCOc2cccc(C)c2)C1. The van der Waals surface area contributed by atoms with Crippen LogP contribution in [0, 0.1) is 12.8 Å². The molecule has 2 rings (SSSR count). The number of aryl methyl sites for hydroxylation is 1. The maximum absolute atomic E-state index is 5.81. The Morgan fingerprint density at radius 1 is 1.40 bits per heavy atom. The van der Waals surface area contributed by atoms with Gasteiger partial charge in [-0.05, 0) is 69.9 Å². The van der Waals surface area contributed by atoms with E-state index >= 15 is 0 Å². The summed E-state index contributed by atoms with van der Waals surface area (Å²) in [6.45, 7) is 7.72. The van der Waals surface area contributed by atoms with Crippen LogP contribution in [0.3, 0.4) is 0 Å². The van der Waals surface area contributed by atoms with E-state index in [2.05, 4.69) is 42.4 Å². The average Bonchev–Trinajstić information content (AvgIpc) is 2.45. The lowest BCUT2D eigenvalue weighted by atomic mass is 9.98. The molecule has 1 heterocycles. The molecule has 20 heavy (non-hydrogen) atoms. The molecule has 1 aromatic rings. The molecule has 3 heteroatoms. The molecule has 1 aliphatic rings. The molecule has 0 aliphatic carbocycles. The molecule has 0 radical (unpaired) electrons. The van der Waals surface area contributed by atoms with E-state index in [1.165, 1.54) is 31.5 Å². The van der Waals surface area contributed by atoms with Crippen molar-refractivity contribution in [2.45, 2.75) is 26.2 Å². The highest BCUT2D eigenvalue weighted by Gasteiger charge is 2.18. The highest BCUT2D eigenvalue weighted by molar-refractivity contribution is 5.27. The first-order valence-corrected chi connectivity index (χ1v) is 7.84. The highest BCUT2D eigenvalue weighted by Crippen LogP contribution is 2.16. The third-order valence-corrected chi connectivity index (χ3v) is 3.97. The number of benzene rings is 1. The summed E-state index contributed by atoms with van der Waals surface area (Å²) in [5.74, 6) is 1.82. The Labute approximate surface area is 123 Å². The van der Waals surface area contributed by atoms with Crippen molar-refractivity contribution in [1.29, 1.82) is 0 Å². The average molecular weight is 276 g/mol. The molecule has 1 N–H and O–H groups in total. The van der Waals surface area contributed by atoms with Crippen LogP contribution in [0.25, 0.3) is 0 Å². The Balaban J connectivity index is 1.63. The fourth-order valence-electron chi connectivity index (χ4n) is 2.99. The van der Waals surface area contributed by atoms with Crippen molar-refractivity contribution >= 4 is 0 Å². The van der Waals surface area contributed by atoms with Crippen LogP contribution >= 0.6 is 0 Å². The van der Waals surface area contributed by atoms with Crippen LogP contribution in [0.2, 0.25) is 0 Å².